The summed E-state index contributed by atoms with van der Waals surface area (Å²) >= 11 is 0. The van der Waals surface area contributed by atoms with Crippen molar-refractivity contribution in [2.45, 2.75) is 173 Å². The highest BCUT2D eigenvalue weighted by Gasteiger charge is 2.26. The van der Waals surface area contributed by atoms with Crippen LogP contribution in [-0.2, 0) is 32.7 Å². The Balaban J connectivity index is 4.50. The Hall–Kier alpha value is -2.67. The highest BCUT2D eigenvalue weighted by Crippen LogP contribution is 2.43. The van der Waals surface area contributed by atoms with Crippen LogP contribution in [0.25, 0.3) is 0 Å². The quantitative estimate of drug-likeness (QED) is 0.0130. The predicted molar refractivity (Wildman–Crippen MR) is 233 cm³/mol. The molecule has 0 radical (unpaired) electrons. The molecule has 0 aromatic carbocycles. The minimum Gasteiger partial charge on any atom is -0.462 e. The lowest BCUT2D eigenvalue weighted by Crippen LogP contribution is -2.30. The summed E-state index contributed by atoms with van der Waals surface area (Å²) in [4.78, 5) is 34.9. The van der Waals surface area contributed by atoms with E-state index in [1.807, 2.05) is 0 Å². The SMILES string of the molecule is CCCCC/C=C\C/C=C\CCCCCCCCCC(=O)O[C@H](COC(=O)CCC[C@@H](O)[C@H](O)/C=C/C=C/C=C\C=C\[C@H](O)CCCCC)COP(=O)(O)OCCN. The van der Waals surface area contributed by atoms with E-state index in [9.17, 15) is 34.4 Å². The van der Waals surface area contributed by atoms with Crippen LogP contribution in [0.2, 0.25) is 0 Å². The fraction of sp³-hybridized carbons (Fsp3) is 0.689. The molecular weight excluding hydrogens is 761 g/mol. The molecule has 0 bridgehead atoms. The van der Waals surface area contributed by atoms with Gasteiger partial charge in [0, 0.05) is 19.4 Å². The van der Waals surface area contributed by atoms with Crippen LogP contribution in [0.5, 0.6) is 0 Å². The normalized spacial score (nSPS) is 15.6. The highest BCUT2D eigenvalue weighted by atomic mass is 31.2. The molecule has 334 valence electrons. The van der Waals surface area contributed by atoms with Gasteiger partial charge in [0.2, 0.25) is 0 Å². The molecule has 0 fully saturated rings. The van der Waals surface area contributed by atoms with Crippen LogP contribution in [0, 0.1) is 0 Å². The van der Waals surface area contributed by atoms with Crippen LogP contribution in [-0.4, -0.2) is 82.9 Å². The molecule has 0 aliphatic heterocycles. The van der Waals surface area contributed by atoms with Gasteiger partial charge in [-0.15, -0.1) is 0 Å². The van der Waals surface area contributed by atoms with Gasteiger partial charge in [-0.1, -0.05) is 151 Å². The third-order valence-electron chi connectivity index (χ3n) is 8.93. The molecular formula is C45H78NO11P. The van der Waals surface area contributed by atoms with Gasteiger partial charge in [0.05, 0.1) is 31.5 Å². The van der Waals surface area contributed by atoms with Crippen molar-refractivity contribution in [2.75, 3.05) is 26.4 Å². The second-order valence-corrected chi connectivity index (χ2v) is 15.9. The Bertz CT molecular complexity index is 1230. The average molecular weight is 840 g/mol. The summed E-state index contributed by atoms with van der Waals surface area (Å²) < 4.78 is 32.5. The van der Waals surface area contributed by atoms with Gasteiger partial charge >= 0.3 is 19.8 Å². The van der Waals surface area contributed by atoms with Gasteiger partial charge in [0.25, 0.3) is 0 Å². The number of aliphatic hydroxyl groups is 3. The number of phosphoric ester groups is 1. The van der Waals surface area contributed by atoms with Gasteiger partial charge in [-0.2, -0.15) is 0 Å². The van der Waals surface area contributed by atoms with Gasteiger partial charge in [0.1, 0.15) is 6.61 Å². The van der Waals surface area contributed by atoms with E-state index in [2.05, 4.69) is 38.2 Å². The first-order valence-corrected chi connectivity index (χ1v) is 23.2. The minimum atomic E-state index is -4.47. The number of nitrogens with two attached hydrogens (primary N) is 1. The second kappa shape index (κ2) is 39.8. The first-order valence-electron chi connectivity index (χ1n) is 21.7. The molecule has 0 rings (SSSR count). The average Bonchev–Trinajstić information content (AvgIpc) is 3.20. The summed E-state index contributed by atoms with van der Waals surface area (Å²) in [7, 11) is -4.47. The molecule has 0 saturated carbocycles. The topological polar surface area (TPSA) is 195 Å². The maximum Gasteiger partial charge on any atom is 0.472 e. The van der Waals surface area contributed by atoms with Gasteiger partial charge in [0.15, 0.2) is 6.10 Å². The van der Waals surface area contributed by atoms with Crippen molar-refractivity contribution in [3.05, 3.63) is 72.9 Å². The number of carbonyl (C=O) groups excluding carboxylic acids is 2. The number of unbranched alkanes of at least 4 members (excludes halogenated alkanes) is 12. The molecule has 6 N–H and O–H groups in total. The van der Waals surface area contributed by atoms with Crippen LogP contribution in [0.3, 0.4) is 0 Å². The summed E-state index contributed by atoms with van der Waals surface area (Å²) in [5.74, 6) is -1.17. The van der Waals surface area contributed by atoms with E-state index in [1.54, 1.807) is 42.5 Å². The van der Waals surface area contributed by atoms with E-state index in [1.165, 1.54) is 44.6 Å². The van der Waals surface area contributed by atoms with Crippen LogP contribution in [0.15, 0.2) is 72.9 Å². The van der Waals surface area contributed by atoms with Gasteiger partial charge in [-0.05, 0) is 57.8 Å². The zero-order valence-corrected chi connectivity index (χ0v) is 36.5. The third-order valence-corrected chi connectivity index (χ3v) is 9.92. The number of ether oxygens (including phenoxy) is 2. The Morgan fingerprint density at radius 1 is 0.638 bits per heavy atom. The molecule has 12 nitrogen and oxygen atoms in total. The molecule has 0 spiro atoms. The third kappa shape index (κ3) is 37.6. The standard InChI is InChI=1S/C45H78NO11P/c1-3-5-7-8-9-10-11-12-13-14-15-16-17-18-19-24-28-34-45(51)57-41(39-56-58(52,53)55-37-36-46)38-54-44(50)35-29-33-43(49)42(48)32-27-23-21-20-22-26-31-40(47)30-25-6-4-2/h9-10,12-13,20-23,26-27,31-32,40-43,47-49H,3-8,11,14-19,24-25,28-30,33-39,46H2,1-2H3,(H,52,53)/b10-9-,13-12-,22-20-,23-21+,31-26+,32-27+/t40-,41-,42-,43-/m1/s1. The van der Waals surface area contributed by atoms with E-state index in [0.717, 1.165) is 64.2 Å². The van der Waals surface area contributed by atoms with E-state index < -0.39 is 57.4 Å². The van der Waals surface area contributed by atoms with Crippen molar-refractivity contribution in [3.8, 4) is 0 Å². The summed E-state index contributed by atoms with van der Waals surface area (Å²) in [6.07, 6.45) is 37.2. The van der Waals surface area contributed by atoms with Crippen LogP contribution < -0.4 is 5.73 Å². The van der Waals surface area contributed by atoms with E-state index >= 15 is 0 Å². The second-order valence-electron chi connectivity index (χ2n) is 14.4. The number of esters is 2. The molecule has 13 heteroatoms. The van der Waals surface area contributed by atoms with E-state index in [4.69, 9.17) is 24.3 Å². The molecule has 5 atom stereocenters. The maximum absolute atomic E-state index is 12.6. The summed E-state index contributed by atoms with van der Waals surface area (Å²) in [5.41, 5.74) is 5.33. The molecule has 0 aliphatic carbocycles. The molecule has 1 unspecified atom stereocenters. The lowest BCUT2D eigenvalue weighted by atomic mass is 10.1. The van der Waals surface area contributed by atoms with Crippen molar-refractivity contribution < 1.29 is 52.9 Å². The monoisotopic (exact) mass is 840 g/mol. The predicted octanol–water partition coefficient (Wildman–Crippen LogP) is 9.19. The van der Waals surface area contributed by atoms with E-state index in [0.29, 0.717) is 6.42 Å². The number of hydrogen-bond acceptors (Lipinski definition) is 11. The molecule has 0 aromatic rings. The summed E-state index contributed by atoms with van der Waals surface area (Å²) in [5, 5.41) is 30.4. The lowest BCUT2D eigenvalue weighted by Gasteiger charge is -2.20. The van der Waals surface area contributed by atoms with Crippen LogP contribution in [0.1, 0.15) is 149 Å². The largest absolute Gasteiger partial charge is 0.472 e. The fourth-order valence-electron chi connectivity index (χ4n) is 5.52. The van der Waals surface area contributed by atoms with Crippen LogP contribution in [0.4, 0.5) is 0 Å². The number of phosphoric acid groups is 1. The maximum atomic E-state index is 12.6. The number of aliphatic hydroxyl groups excluding tert-OH is 3. The molecule has 0 aromatic heterocycles. The van der Waals surface area contributed by atoms with Gasteiger partial charge < -0.3 is 35.4 Å². The van der Waals surface area contributed by atoms with Crippen molar-refractivity contribution in [2.24, 2.45) is 5.73 Å². The van der Waals surface area contributed by atoms with Crippen molar-refractivity contribution >= 4 is 19.8 Å². The Kier molecular flexibility index (Phi) is 37.9. The van der Waals surface area contributed by atoms with E-state index in [-0.39, 0.29) is 38.8 Å². The Morgan fingerprint density at radius 2 is 1.21 bits per heavy atom. The first kappa shape index (κ1) is 55.3. The van der Waals surface area contributed by atoms with Crippen molar-refractivity contribution in [3.63, 3.8) is 0 Å². The number of hydrogen-bond donors (Lipinski definition) is 5. The highest BCUT2D eigenvalue weighted by molar-refractivity contribution is 7.47. The zero-order chi connectivity index (χ0) is 43.0. The zero-order valence-electron chi connectivity index (χ0n) is 35.6. The number of carbonyl (C=O) groups is 2. The molecule has 0 aliphatic rings. The Labute approximate surface area is 350 Å². The number of rotatable bonds is 39. The molecule has 0 heterocycles. The smallest absolute Gasteiger partial charge is 0.462 e. The molecule has 58 heavy (non-hydrogen) atoms. The summed E-state index contributed by atoms with van der Waals surface area (Å²) in [6.45, 7) is 3.18. The molecule has 0 amide bonds. The van der Waals surface area contributed by atoms with Gasteiger partial charge in [-0.25, -0.2) is 4.57 Å². The molecule has 0 saturated heterocycles. The van der Waals surface area contributed by atoms with Crippen molar-refractivity contribution in [1.82, 2.24) is 0 Å². The minimum absolute atomic E-state index is 0.000255. The summed E-state index contributed by atoms with van der Waals surface area (Å²) in [6, 6.07) is 0. The van der Waals surface area contributed by atoms with Crippen LogP contribution >= 0.6 is 7.82 Å². The van der Waals surface area contributed by atoms with Gasteiger partial charge in [-0.3, -0.25) is 18.6 Å². The lowest BCUT2D eigenvalue weighted by molar-refractivity contribution is -0.161. The van der Waals surface area contributed by atoms with Crippen molar-refractivity contribution in [1.29, 1.82) is 0 Å². The number of allylic oxidation sites excluding steroid dienone is 10. The fourth-order valence-corrected chi connectivity index (χ4v) is 6.28. The Morgan fingerprint density at radius 3 is 1.86 bits per heavy atom. The first-order chi connectivity index (χ1) is 28.0.